The number of aromatic nitrogens is 1. The first-order valence-corrected chi connectivity index (χ1v) is 6.11. The number of nitro groups is 1. The second kappa shape index (κ2) is 4.90. The first-order valence-electron chi connectivity index (χ1n) is 4.53. The minimum absolute atomic E-state index is 0.252. The van der Waals surface area contributed by atoms with Crippen LogP contribution in [-0.2, 0) is 0 Å². The Balaban J connectivity index is 2.58. The van der Waals surface area contributed by atoms with Crippen LogP contribution in [0.2, 0.25) is 9.36 Å². The smallest absolute Gasteiger partial charge is 0.258 e. The zero-order valence-electron chi connectivity index (χ0n) is 8.55. The molecule has 0 fully saturated rings. The molecule has 0 atom stereocenters. The van der Waals surface area contributed by atoms with Crippen LogP contribution < -0.4 is 0 Å². The van der Waals surface area contributed by atoms with E-state index in [1.807, 2.05) is 0 Å². The van der Waals surface area contributed by atoms with Crippen molar-refractivity contribution in [2.45, 2.75) is 0 Å². The lowest BCUT2D eigenvalue weighted by atomic mass is 10.2. The molecule has 18 heavy (non-hydrogen) atoms. The van der Waals surface area contributed by atoms with Gasteiger partial charge in [0.1, 0.15) is 6.07 Å². The summed E-state index contributed by atoms with van der Waals surface area (Å²) in [5.41, 5.74) is -0.197. The minimum atomic E-state index is -0.654. The molecule has 0 saturated carbocycles. The predicted molar refractivity (Wildman–Crippen MR) is 68.9 cm³/mol. The van der Waals surface area contributed by atoms with Gasteiger partial charge in [0.25, 0.3) is 0 Å². The van der Waals surface area contributed by atoms with Crippen molar-refractivity contribution in [1.29, 1.82) is 5.26 Å². The number of hydrogen-bond donors (Lipinski definition) is 0. The molecule has 90 valence electrons. The summed E-state index contributed by atoms with van der Waals surface area (Å²) in [4.78, 5) is 14.5. The zero-order chi connectivity index (χ0) is 13.3. The number of nitrogens with zero attached hydrogens (tertiary/aromatic N) is 3. The maximum Gasteiger partial charge on any atom is 0.305 e. The third-order valence-corrected chi connectivity index (χ3v) is 3.76. The number of thiophene rings is 1. The maximum atomic E-state index is 10.7. The van der Waals surface area contributed by atoms with E-state index in [2.05, 4.69) is 4.98 Å². The normalized spacial score (nSPS) is 10.1. The third-order valence-electron chi connectivity index (χ3n) is 2.07. The summed E-state index contributed by atoms with van der Waals surface area (Å²) in [7, 11) is 0. The van der Waals surface area contributed by atoms with Gasteiger partial charge < -0.3 is 0 Å². The van der Waals surface area contributed by atoms with E-state index >= 15 is 0 Å². The fraction of sp³-hybridized carbons (Fsp3) is 0. The van der Waals surface area contributed by atoms with Crippen LogP contribution in [0.25, 0.3) is 10.6 Å². The monoisotopic (exact) mass is 299 g/mol. The Bertz CT molecular complexity index is 678. The van der Waals surface area contributed by atoms with Crippen LogP contribution in [-0.4, -0.2) is 9.91 Å². The second-order valence-electron chi connectivity index (χ2n) is 3.16. The number of hydrogen-bond acceptors (Lipinski definition) is 5. The summed E-state index contributed by atoms with van der Waals surface area (Å²) in [6, 6.07) is 5.91. The van der Waals surface area contributed by atoms with Crippen molar-refractivity contribution in [2.75, 3.05) is 0 Å². The summed E-state index contributed by atoms with van der Waals surface area (Å²) < 4.78 is 0.480. The van der Waals surface area contributed by atoms with Crippen molar-refractivity contribution >= 4 is 40.2 Å². The number of rotatable bonds is 2. The van der Waals surface area contributed by atoms with Gasteiger partial charge in [-0.15, -0.1) is 11.3 Å². The molecule has 8 heteroatoms. The SMILES string of the molecule is N#Cc1nc(-c2sc(Cl)cc2Cl)ccc1[N+](=O)[O-]. The molecule has 0 spiro atoms. The van der Waals surface area contributed by atoms with Gasteiger partial charge in [-0.25, -0.2) is 4.98 Å². The number of halogens is 2. The Hall–Kier alpha value is -1.68. The van der Waals surface area contributed by atoms with Crippen LogP contribution in [0, 0.1) is 21.4 Å². The van der Waals surface area contributed by atoms with Crippen molar-refractivity contribution in [1.82, 2.24) is 4.98 Å². The molecule has 0 aromatic carbocycles. The highest BCUT2D eigenvalue weighted by atomic mass is 35.5. The molecule has 0 radical (unpaired) electrons. The van der Waals surface area contributed by atoms with Crippen LogP contribution in [0.5, 0.6) is 0 Å². The topological polar surface area (TPSA) is 79.8 Å². The molecular weight excluding hydrogens is 297 g/mol. The van der Waals surface area contributed by atoms with Gasteiger partial charge >= 0.3 is 5.69 Å². The number of nitriles is 1. The predicted octanol–water partition coefficient (Wildman–Crippen LogP) is 3.90. The van der Waals surface area contributed by atoms with E-state index < -0.39 is 4.92 Å². The van der Waals surface area contributed by atoms with Gasteiger partial charge in [0.05, 0.1) is 24.9 Å². The standard InChI is InChI=1S/C10H3Cl2N3O2S/c11-5-3-9(12)18-10(5)6-1-2-8(15(16)17)7(4-13)14-6/h1-3H. The molecule has 5 nitrogen and oxygen atoms in total. The van der Waals surface area contributed by atoms with E-state index in [-0.39, 0.29) is 11.4 Å². The molecule has 0 aliphatic rings. The summed E-state index contributed by atoms with van der Waals surface area (Å²) in [6.07, 6.45) is 0. The molecule has 0 aliphatic carbocycles. The average Bonchev–Trinajstić information content (AvgIpc) is 2.67. The lowest BCUT2D eigenvalue weighted by Crippen LogP contribution is -1.96. The first-order chi connectivity index (χ1) is 8.52. The Kier molecular flexibility index (Phi) is 3.48. The lowest BCUT2D eigenvalue weighted by Gasteiger charge is -1.99. The van der Waals surface area contributed by atoms with Crippen molar-refractivity contribution in [3.05, 3.63) is 43.4 Å². The van der Waals surface area contributed by atoms with Gasteiger partial charge in [0, 0.05) is 6.07 Å². The van der Waals surface area contributed by atoms with E-state index in [4.69, 9.17) is 28.5 Å². The largest absolute Gasteiger partial charge is 0.305 e. The zero-order valence-corrected chi connectivity index (χ0v) is 10.9. The molecule has 2 heterocycles. The van der Waals surface area contributed by atoms with E-state index in [0.717, 1.165) is 0 Å². The van der Waals surface area contributed by atoms with Gasteiger partial charge in [-0.3, -0.25) is 10.1 Å². The fourth-order valence-corrected chi connectivity index (χ4v) is 2.85. The summed E-state index contributed by atoms with van der Waals surface area (Å²) in [5, 5.41) is 19.9. The van der Waals surface area contributed by atoms with Crippen LogP contribution in [0.3, 0.4) is 0 Å². The van der Waals surface area contributed by atoms with Crippen LogP contribution >= 0.6 is 34.5 Å². The van der Waals surface area contributed by atoms with Crippen LogP contribution in [0.1, 0.15) is 5.69 Å². The second-order valence-corrected chi connectivity index (χ2v) is 5.25. The van der Waals surface area contributed by atoms with Crippen molar-refractivity contribution in [3.8, 4) is 16.6 Å². The molecule has 0 bridgehead atoms. The van der Waals surface area contributed by atoms with E-state index in [1.165, 1.54) is 23.5 Å². The Morgan fingerprint density at radius 2 is 2.17 bits per heavy atom. The number of pyridine rings is 1. The molecular formula is C10H3Cl2N3O2S. The average molecular weight is 300 g/mol. The molecule has 0 aliphatic heterocycles. The highest BCUT2D eigenvalue weighted by Crippen LogP contribution is 2.38. The molecule has 2 rings (SSSR count). The van der Waals surface area contributed by atoms with E-state index in [9.17, 15) is 10.1 Å². The third kappa shape index (κ3) is 2.29. The highest BCUT2D eigenvalue weighted by molar-refractivity contribution is 7.20. The van der Waals surface area contributed by atoms with Gasteiger partial charge in [-0.1, -0.05) is 23.2 Å². The van der Waals surface area contributed by atoms with Gasteiger partial charge in [0.2, 0.25) is 5.69 Å². The van der Waals surface area contributed by atoms with Crippen molar-refractivity contribution in [2.24, 2.45) is 0 Å². The van der Waals surface area contributed by atoms with Gasteiger partial charge in [0.15, 0.2) is 0 Å². The Labute approximate surface area is 115 Å². The van der Waals surface area contributed by atoms with Crippen molar-refractivity contribution < 1.29 is 4.92 Å². The van der Waals surface area contributed by atoms with Gasteiger partial charge in [-0.05, 0) is 12.1 Å². The van der Waals surface area contributed by atoms with Crippen LogP contribution in [0.15, 0.2) is 18.2 Å². The highest BCUT2D eigenvalue weighted by Gasteiger charge is 2.18. The van der Waals surface area contributed by atoms with E-state index in [0.29, 0.717) is 19.9 Å². The summed E-state index contributed by atoms with van der Waals surface area (Å²) in [6.45, 7) is 0. The van der Waals surface area contributed by atoms with Crippen LogP contribution in [0.4, 0.5) is 5.69 Å². The molecule has 2 aromatic rings. The van der Waals surface area contributed by atoms with Gasteiger partial charge in [-0.2, -0.15) is 5.26 Å². The first kappa shape index (κ1) is 12.8. The quantitative estimate of drug-likeness (QED) is 0.622. The molecule has 0 unspecified atom stereocenters. The fourth-order valence-electron chi connectivity index (χ4n) is 1.32. The molecule has 0 N–H and O–H groups in total. The van der Waals surface area contributed by atoms with Crippen molar-refractivity contribution in [3.63, 3.8) is 0 Å². The minimum Gasteiger partial charge on any atom is -0.258 e. The van der Waals surface area contributed by atoms with E-state index in [1.54, 1.807) is 12.1 Å². The molecule has 2 aromatic heterocycles. The molecule has 0 amide bonds. The summed E-state index contributed by atoms with van der Waals surface area (Å²) in [5.74, 6) is 0. The summed E-state index contributed by atoms with van der Waals surface area (Å²) >= 11 is 12.9. The Morgan fingerprint density at radius 3 is 2.67 bits per heavy atom. The Morgan fingerprint density at radius 1 is 1.44 bits per heavy atom. The molecule has 0 saturated heterocycles. The lowest BCUT2D eigenvalue weighted by molar-refractivity contribution is -0.385. The maximum absolute atomic E-state index is 10.7.